The van der Waals surface area contributed by atoms with E-state index in [1.54, 1.807) is 30.9 Å². The minimum Gasteiger partial charge on any atom is -0.465 e. The van der Waals surface area contributed by atoms with Crippen LogP contribution in [0.4, 0.5) is 5.82 Å². The Hall–Kier alpha value is -2.44. The molecule has 0 spiro atoms. The molecule has 0 radical (unpaired) electrons. The van der Waals surface area contributed by atoms with Crippen LogP contribution in [0.2, 0.25) is 0 Å². The second-order valence-electron chi connectivity index (χ2n) is 3.76. The summed E-state index contributed by atoms with van der Waals surface area (Å²) in [7, 11) is 3.08. The first-order valence-electron chi connectivity index (χ1n) is 5.25. The summed E-state index contributed by atoms with van der Waals surface area (Å²) in [5.41, 5.74) is 7.02. The van der Waals surface area contributed by atoms with Crippen molar-refractivity contribution in [2.45, 2.75) is 6.92 Å². The van der Waals surface area contributed by atoms with Gasteiger partial charge in [0.25, 0.3) is 0 Å². The maximum atomic E-state index is 11.5. The molecule has 94 valence electrons. The zero-order chi connectivity index (χ0) is 13.3. The first-order valence-corrected chi connectivity index (χ1v) is 5.25. The topological polar surface area (TPSA) is 95.9 Å². The van der Waals surface area contributed by atoms with Crippen LogP contribution in [0, 0.1) is 6.92 Å². The van der Waals surface area contributed by atoms with Gasteiger partial charge in [0.15, 0.2) is 5.82 Å². The summed E-state index contributed by atoms with van der Waals surface area (Å²) in [5.74, 6) is -0.0640. The number of carbonyl (C=O) groups excluding carboxylic acids is 1. The van der Waals surface area contributed by atoms with Gasteiger partial charge in [0.05, 0.1) is 12.8 Å². The van der Waals surface area contributed by atoms with E-state index < -0.39 is 5.97 Å². The summed E-state index contributed by atoms with van der Waals surface area (Å²) in [5, 5.41) is 4.18. The number of rotatable bonds is 2. The van der Waals surface area contributed by atoms with E-state index in [0.717, 1.165) is 0 Å². The van der Waals surface area contributed by atoms with E-state index >= 15 is 0 Å². The fourth-order valence-electron chi connectivity index (χ4n) is 1.60. The quantitative estimate of drug-likeness (QED) is 0.779. The number of ether oxygens (including phenoxy) is 1. The number of esters is 1. The summed E-state index contributed by atoms with van der Waals surface area (Å²) in [4.78, 5) is 19.8. The summed E-state index contributed by atoms with van der Waals surface area (Å²) in [6.07, 6.45) is 1.78. The average Bonchev–Trinajstić information content (AvgIpc) is 2.74. The van der Waals surface area contributed by atoms with Crippen molar-refractivity contribution < 1.29 is 9.53 Å². The van der Waals surface area contributed by atoms with Crippen LogP contribution in [0.5, 0.6) is 0 Å². The molecule has 0 aliphatic carbocycles. The first kappa shape index (κ1) is 12.0. The van der Waals surface area contributed by atoms with Gasteiger partial charge in [-0.05, 0) is 13.0 Å². The number of nitrogens with two attached hydrogens (primary N) is 1. The molecular weight excluding hydrogens is 234 g/mol. The van der Waals surface area contributed by atoms with Gasteiger partial charge < -0.3 is 10.5 Å². The lowest BCUT2D eigenvalue weighted by atomic mass is 10.2. The molecule has 18 heavy (non-hydrogen) atoms. The molecule has 0 saturated heterocycles. The van der Waals surface area contributed by atoms with Crippen molar-refractivity contribution in [3.8, 4) is 11.5 Å². The van der Waals surface area contributed by atoms with Crippen LogP contribution in [-0.4, -0.2) is 32.8 Å². The standard InChI is InChI=1S/C11H13N5O2/c1-6-8(11(17)18-3)9(12)14-10(13-6)7-4-5-16(2)15-7/h4-5H,1-3H3,(H2,12,13,14). The molecular formula is C11H13N5O2. The van der Waals surface area contributed by atoms with Gasteiger partial charge in [-0.15, -0.1) is 0 Å². The van der Waals surface area contributed by atoms with E-state index in [1.807, 2.05) is 0 Å². The molecule has 2 aromatic heterocycles. The number of carbonyl (C=O) groups is 1. The van der Waals surface area contributed by atoms with Crippen molar-refractivity contribution in [2.75, 3.05) is 12.8 Å². The number of nitrogens with zero attached hydrogens (tertiary/aromatic N) is 4. The second kappa shape index (κ2) is 4.44. The third kappa shape index (κ3) is 2.02. The van der Waals surface area contributed by atoms with E-state index in [2.05, 4.69) is 19.8 Å². The molecule has 0 aromatic carbocycles. The molecule has 7 nitrogen and oxygen atoms in total. The summed E-state index contributed by atoms with van der Waals surface area (Å²) in [6.45, 7) is 1.68. The van der Waals surface area contributed by atoms with Crippen molar-refractivity contribution in [3.05, 3.63) is 23.5 Å². The zero-order valence-corrected chi connectivity index (χ0v) is 10.3. The summed E-state index contributed by atoms with van der Waals surface area (Å²) in [6, 6.07) is 1.77. The number of methoxy groups -OCH3 is 1. The Kier molecular flexibility index (Phi) is 2.97. The number of hydrogen-bond donors (Lipinski definition) is 1. The largest absolute Gasteiger partial charge is 0.465 e. The summed E-state index contributed by atoms with van der Waals surface area (Å²) < 4.78 is 6.27. The van der Waals surface area contributed by atoms with Crippen molar-refractivity contribution in [1.82, 2.24) is 19.7 Å². The van der Waals surface area contributed by atoms with E-state index in [4.69, 9.17) is 5.73 Å². The average molecular weight is 247 g/mol. The third-order valence-corrected chi connectivity index (χ3v) is 2.45. The maximum Gasteiger partial charge on any atom is 0.343 e. The Morgan fingerprint density at radius 3 is 2.67 bits per heavy atom. The third-order valence-electron chi connectivity index (χ3n) is 2.45. The Morgan fingerprint density at radius 1 is 1.44 bits per heavy atom. The summed E-state index contributed by atoms with van der Waals surface area (Å²) >= 11 is 0. The molecule has 2 heterocycles. The van der Waals surface area contributed by atoms with Gasteiger partial charge in [0, 0.05) is 13.2 Å². The van der Waals surface area contributed by atoms with Crippen LogP contribution in [0.1, 0.15) is 16.1 Å². The van der Waals surface area contributed by atoms with Crippen LogP contribution >= 0.6 is 0 Å². The smallest absolute Gasteiger partial charge is 0.343 e. The van der Waals surface area contributed by atoms with Crippen molar-refractivity contribution in [1.29, 1.82) is 0 Å². The fraction of sp³-hybridized carbons (Fsp3) is 0.273. The Bertz CT molecular complexity index is 582. The lowest BCUT2D eigenvalue weighted by Crippen LogP contribution is -2.12. The lowest BCUT2D eigenvalue weighted by molar-refractivity contribution is 0.0600. The van der Waals surface area contributed by atoms with Crippen LogP contribution in [0.25, 0.3) is 11.5 Å². The molecule has 2 rings (SSSR count). The number of nitrogen functional groups attached to an aromatic ring is 1. The van der Waals surface area contributed by atoms with E-state index in [-0.39, 0.29) is 11.4 Å². The van der Waals surface area contributed by atoms with E-state index in [9.17, 15) is 4.79 Å². The molecule has 0 unspecified atom stereocenters. The highest BCUT2D eigenvalue weighted by Crippen LogP contribution is 2.19. The van der Waals surface area contributed by atoms with Crippen LogP contribution in [-0.2, 0) is 11.8 Å². The molecule has 7 heteroatoms. The van der Waals surface area contributed by atoms with Gasteiger partial charge in [-0.25, -0.2) is 14.8 Å². The van der Waals surface area contributed by atoms with Gasteiger partial charge in [-0.2, -0.15) is 5.10 Å². The molecule has 0 aliphatic rings. The highest BCUT2D eigenvalue weighted by atomic mass is 16.5. The van der Waals surface area contributed by atoms with Gasteiger partial charge in [-0.3, -0.25) is 4.68 Å². The molecule has 0 fully saturated rings. The highest BCUT2D eigenvalue weighted by Gasteiger charge is 2.18. The number of aryl methyl sites for hydroxylation is 2. The molecule has 0 saturated carbocycles. The first-order chi connectivity index (χ1) is 8.52. The highest BCUT2D eigenvalue weighted by molar-refractivity contribution is 5.95. The second-order valence-corrected chi connectivity index (χ2v) is 3.76. The van der Waals surface area contributed by atoms with E-state index in [0.29, 0.717) is 17.2 Å². The Morgan fingerprint density at radius 2 is 2.17 bits per heavy atom. The van der Waals surface area contributed by atoms with Gasteiger partial charge in [-0.1, -0.05) is 0 Å². The fourth-order valence-corrected chi connectivity index (χ4v) is 1.60. The minimum absolute atomic E-state index is 0.0926. The minimum atomic E-state index is -0.544. The number of hydrogen-bond acceptors (Lipinski definition) is 6. The number of anilines is 1. The molecule has 2 N–H and O–H groups in total. The maximum absolute atomic E-state index is 11.5. The molecule has 0 bridgehead atoms. The Balaban J connectivity index is 2.52. The van der Waals surface area contributed by atoms with Crippen molar-refractivity contribution in [2.24, 2.45) is 7.05 Å². The monoisotopic (exact) mass is 247 g/mol. The lowest BCUT2D eigenvalue weighted by Gasteiger charge is -2.07. The normalized spacial score (nSPS) is 10.4. The molecule has 0 atom stereocenters. The van der Waals surface area contributed by atoms with Crippen molar-refractivity contribution in [3.63, 3.8) is 0 Å². The predicted octanol–water partition coefficient (Wildman–Crippen LogP) is 0.554. The SMILES string of the molecule is COC(=O)c1c(C)nc(-c2ccn(C)n2)nc1N. The molecule has 0 amide bonds. The van der Waals surface area contributed by atoms with E-state index in [1.165, 1.54) is 7.11 Å². The van der Waals surface area contributed by atoms with Gasteiger partial charge >= 0.3 is 5.97 Å². The molecule has 2 aromatic rings. The molecule has 0 aliphatic heterocycles. The van der Waals surface area contributed by atoms with Crippen LogP contribution in [0.15, 0.2) is 12.3 Å². The van der Waals surface area contributed by atoms with Gasteiger partial charge in [0.2, 0.25) is 0 Å². The zero-order valence-electron chi connectivity index (χ0n) is 10.3. The predicted molar refractivity (Wildman–Crippen MR) is 64.7 cm³/mol. The Labute approximate surface area is 104 Å². The van der Waals surface area contributed by atoms with Crippen LogP contribution in [0.3, 0.4) is 0 Å². The van der Waals surface area contributed by atoms with Crippen molar-refractivity contribution >= 4 is 11.8 Å². The number of aromatic nitrogens is 4. The van der Waals surface area contributed by atoms with Gasteiger partial charge in [0.1, 0.15) is 17.1 Å². The van der Waals surface area contributed by atoms with Crippen LogP contribution < -0.4 is 5.73 Å².